The van der Waals surface area contributed by atoms with Gasteiger partial charge in [0.1, 0.15) is 5.75 Å². The molecule has 2 aliphatic heterocycles. The predicted octanol–water partition coefficient (Wildman–Crippen LogP) is -0.129. The van der Waals surface area contributed by atoms with Crippen molar-refractivity contribution in [1.29, 1.82) is 0 Å². The van der Waals surface area contributed by atoms with Gasteiger partial charge in [-0.05, 0) is 12.1 Å². The number of para-hydroxylation sites is 1. The van der Waals surface area contributed by atoms with Crippen molar-refractivity contribution in [3.63, 3.8) is 0 Å². The quantitative estimate of drug-likeness (QED) is 0.815. The van der Waals surface area contributed by atoms with Crippen LogP contribution in [0.1, 0.15) is 6.42 Å². The number of rotatable bonds is 5. The molecule has 3 amide bonds. The minimum Gasteiger partial charge on any atom is -0.484 e. The highest BCUT2D eigenvalue weighted by Crippen LogP contribution is 2.25. The van der Waals surface area contributed by atoms with Gasteiger partial charge in [-0.2, -0.15) is 0 Å². The maximum absolute atomic E-state index is 12.1. The maximum Gasteiger partial charge on any atom is 0.260 e. The van der Waals surface area contributed by atoms with E-state index in [1.54, 1.807) is 29.0 Å². The molecule has 0 aromatic heterocycles. The van der Waals surface area contributed by atoms with Gasteiger partial charge in [0.2, 0.25) is 11.8 Å². The van der Waals surface area contributed by atoms with E-state index in [0.717, 1.165) is 0 Å². The van der Waals surface area contributed by atoms with Gasteiger partial charge in [-0.25, -0.2) is 0 Å². The van der Waals surface area contributed by atoms with E-state index in [0.29, 0.717) is 25.4 Å². The molecule has 1 unspecified atom stereocenters. The maximum atomic E-state index is 12.1. The number of nitrogens with one attached hydrogen (secondary N) is 1. The summed E-state index contributed by atoms with van der Waals surface area (Å²) in [6.45, 7) is 1.43. The van der Waals surface area contributed by atoms with Gasteiger partial charge in [-0.1, -0.05) is 18.2 Å². The van der Waals surface area contributed by atoms with Crippen LogP contribution in [0.2, 0.25) is 0 Å². The molecule has 0 saturated carbocycles. The fourth-order valence-electron chi connectivity index (χ4n) is 3.07. The normalized spacial score (nSPS) is 20.7. The molecule has 1 atom stereocenters. The summed E-state index contributed by atoms with van der Waals surface area (Å²) < 4.78 is 5.44. The van der Waals surface area contributed by atoms with Crippen molar-refractivity contribution in [3.05, 3.63) is 30.3 Å². The van der Waals surface area contributed by atoms with Crippen LogP contribution in [0.5, 0.6) is 5.75 Å². The second kappa shape index (κ2) is 6.90. The van der Waals surface area contributed by atoms with Crippen LogP contribution in [0.25, 0.3) is 0 Å². The molecule has 0 radical (unpaired) electrons. The van der Waals surface area contributed by atoms with Crippen molar-refractivity contribution in [3.8, 4) is 5.75 Å². The van der Waals surface area contributed by atoms with Crippen LogP contribution in [0.3, 0.4) is 0 Å². The summed E-state index contributed by atoms with van der Waals surface area (Å²) in [4.78, 5) is 39.2. The molecule has 7 nitrogen and oxygen atoms in total. The summed E-state index contributed by atoms with van der Waals surface area (Å²) in [5, 5.41) is 2.58. The van der Waals surface area contributed by atoms with E-state index in [1.807, 2.05) is 18.2 Å². The fraction of sp³-hybridized carbons (Fsp3) is 0.471. The number of amides is 3. The first kappa shape index (κ1) is 16.3. The van der Waals surface area contributed by atoms with E-state index < -0.39 is 0 Å². The summed E-state index contributed by atoms with van der Waals surface area (Å²) in [5.74, 6) is 0.167. The van der Waals surface area contributed by atoms with Gasteiger partial charge in [0.05, 0.1) is 12.0 Å². The van der Waals surface area contributed by atoms with Crippen molar-refractivity contribution in [2.75, 3.05) is 33.3 Å². The predicted molar refractivity (Wildman–Crippen MR) is 86.2 cm³/mol. The standard InChI is InChI=1S/C17H21N3O4/c1-18-17(23)12-7-15(21)20(8-12)13-9-19(10-13)16(22)11-24-14-5-3-2-4-6-14/h2-6,12-13H,7-11H2,1H3,(H,18,23). The lowest BCUT2D eigenvalue weighted by Gasteiger charge is -2.43. The van der Waals surface area contributed by atoms with Gasteiger partial charge in [-0.3, -0.25) is 14.4 Å². The van der Waals surface area contributed by atoms with Crippen molar-refractivity contribution < 1.29 is 19.1 Å². The van der Waals surface area contributed by atoms with Crippen molar-refractivity contribution in [2.45, 2.75) is 12.5 Å². The minimum absolute atomic E-state index is 0.00725. The summed E-state index contributed by atoms with van der Waals surface area (Å²) >= 11 is 0. The molecule has 1 aromatic carbocycles. The number of nitrogens with zero attached hydrogens (tertiary/aromatic N) is 2. The minimum atomic E-state index is -0.284. The molecule has 2 aliphatic rings. The van der Waals surface area contributed by atoms with Crippen LogP contribution in [0.4, 0.5) is 0 Å². The van der Waals surface area contributed by atoms with Crippen LogP contribution >= 0.6 is 0 Å². The number of hydrogen-bond donors (Lipinski definition) is 1. The van der Waals surface area contributed by atoms with Gasteiger partial charge >= 0.3 is 0 Å². The summed E-state index contributed by atoms with van der Waals surface area (Å²) in [6.07, 6.45) is 0.251. The Morgan fingerprint density at radius 2 is 1.92 bits per heavy atom. The van der Waals surface area contributed by atoms with Crippen molar-refractivity contribution in [2.24, 2.45) is 5.92 Å². The first-order valence-electron chi connectivity index (χ1n) is 8.05. The van der Waals surface area contributed by atoms with Crippen LogP contribution in [0, 0.1) is 5.92 Å². The molecule has 1 N–H and O–H groups in total. The van der Waals surface area contributed by atoms with Crippen LogP contribution < -0.4 is 10.1 Å². The monoisotopic (exact) mass is 331 g/mol. The second-order valence-electron chi connectivity index (χ2n) is 6.12. The fourth-order valence-corrected chi connectivity index (χ4v) is 3.07. The van der Waals surface area contributed by atoms with E-state index in [9.17, 15) is 14.4 Å². The number of hydrogen-bond acceptors (Lipinski definition) is 4. The Hall–Kier alpha value is -2.57. The Bertz CT molecular complexity index is 628. The Labute approximate surface area is 140 Å². The summed E-state index contributed by atoms with van der Waals surface area (Å²) in [6, 6.07) is 9.19. The molecular weight excluding hydrogens is 310 g/mol. The second-order valence-corrected chi connectivity index (χ2v) is 6.12. The molecule has 7 heteroatoms. The highest BCUT2D eigenvalue weighted by atomic mass is 16.5. The van der Waals surface area contributed by atoms with Gasteiger partial charge in [0, 0.05) is 33.1 Å². The highest BCUT2D eigenvalue weighted by Gasteiger charge is 2.43. The third kappa shape index (κ3) is 3.34. The first-order chi connectivity index (χ1) is 11.6. The summed E-state index contributed by atoms with van der Waals surface area (Å²) in [7, 11) is 1.58. The molecule has 0 bridgehead atoms. The first-order valence-corrected chi connectivity index (χ1v) is 8.05. The number of carbonyl (C=O) groups excluding carboxylic acids is 3. The Morgan fingerprint density at radius 3 is 2.58 bits per heavy atom. The molecule has 1 aromatic rings. The smallest absolute Gasteiger partial charge is 0.260 e. The molecule has 2 fully saturated rings. The summed E-state index contributed by atoms with van der Waals surface area (Å²) in [5.41, 5.74) is 0. The lowest BCUT2D eigenvalue weighted by molar-refractivity contribution is -0.145. The third-order valence-electron chi connectivity index (χ3n) is 4.54. The number of likely N-dealkylation sites (tertiary alicyclic amines) is 2. The molecule has 3 rings (SSSR count). The largest absolute Gasteiger partial charge is 0.484 e. The average Bonchev–Trinajstić information content (AvgIpc) is 2.93. The Morgan fingerprint density at radius 1 is 1.21 bits per heavy atom. The molecule has 2 heterocycles. The topological polar surface area (TPSA) is 79.0 Å². The highest BCUT2D eigenvalue weighted by molar-refractivity contribution is 5.89. The van der Waals surface area contributed by atoms with Crippen molar-refractivity contribution >= 4 is 17.7 Å². The van der Waals surface area contributed by atoms with E-state index in [1.165, 1.54) is 0 Å². The zero-order valence-electron chi connectivity index (χ0n) is 13.6. The van der Waals surface area contributed by atoms with Gasteiger partial charge < -0.3 is 19.9 Å². The van der Waals surface area contributed by atoms with Crippen LogP contribution in [0.15, 0.2) is 30.3 Å². The Balaban J connectivity index is 1.44. The van der Waals surface area contributed by atoms with Crippen LogP contribution in [-0.4, -0.2) is 66.9 Å². The zero-order valence-corrected chi connectivity index (χ0v) is 13.6. The van der Waals surface area contributed by atoms with Crippen molar-refractivity contribution in [1.82, 2.24) is 15.1 Å². The SMILES string of the molecule is CNC(=O)C1CC(=O)N(C2CN(C(=O)COc3ccccc3)C2)C1. The molecule has 128 valence electrons. The lowest BCUT2D eigenvalue weighted by atomic mass is 10.1. The van der Waals surface area contributed by atoms with Gasteiger partial charge in [-0.15, -0.1) is 0 Å². The van der Waals surface area contributed by atoms with E-state index in [2.05, 4.69) is 5.32 Å². The van der Waals surface area contributed by atoms with Crippen LogP contribution in [-0.2, 0) is 14.4 Å². The molecule has 2 saturated heterocycles. The number of ether oxygens (including phenoxy) is 1. The third-order valence-corrected chi connectivity index (χ3v) is 4.54. The lowest BCUT2D eigenvalue weighted by Crippen LogP contribution is -2.62. The van der Waals surface area contributed by atoms with E-state index in [4.69, 9.17) is 4.74 Å². The average molecular weight is 331 g/mol. The molecular formula is C17H21N3O4. The number of carbonyl (C=O) groups is 3. The van der Waals surface area contributed by atoms with E-state index >= 15 is 0 Å². The van der Waals surface area contributed by atoms with Gasteiger partial charge in [0.15, 0.2) is 6.61 Å². The van der Waals surface area contributed by atoms with E-state index in [-0.39, 0.29) is 42.7 Å². The molecule has 0 spiro atoms. The Kier molecular flexibility index (Phi) is 4.69. The molecule has 24 heavy (non-hydrogen) atoms. The van der Waals surface area contributed by atoms with Gasteiger partial charge in [0.25, 0.3) is 5.91 Å². The zero-order chi connectivity index (χ0) is 17.1. The number of benzene rings is 1. The molecule has 0 aliphatic carbocycles.